The molecule has 0 spiro atoms. The van der Waals surface area contributed by atoms with Gasteiger partial charge in [0.1, 0.15) is 0 Å². The number of hydrogen-bond acceptors (Lipinski definition) is 0. The van der Waals surface area contributed by atoms with Crippen molar-refractivity contribution in [2.24, 2.45) is 0 Å². The van der Waals surface area contributed by atoms with Gasteiger partial charge in [-0.15, -0.1) is 0 Å². The van der Waals surface area contributed by atoms with Gasteiger partial charge in [0.15, 0.2) is 0 Å². The predicted molar refractivity (Wildman–Crippen MR) is 50.9 cm³/mol. The van der Waals surface area contributed by atoms with Gasteiger partial charge >= 0.3 is 6.18 Å². The van der Waals surface area contributed by atoms with Gasteiger partial charge in [-0.3, -0.25) is 0 Å². The van der Waals surface area contributed by atoms with Crippen LogP contribution in [0.1, 0.15) is 26.7 Å². The maximum absolute atomic E-state index is 12.4. The summed E-state index contributed by atoms with van der Waals surface area (Å²) in [4.78, 5) is 0. The zero-order valence-electron chi connectivity index (χ0n) is 8.28. The van der Waals surface area contributed by atoms with Crippen molar-refractivity contribution in [2.45, 2.75) is 32.9 Å². The van der Waals surface area contributed by atoms with Gasteiger partial charge in [-0.1, -0.05) is 29.4 Å². The van der Waals surface area contributed by atoms with Crippen molar-refractivity contribution in [3.05, 3.63) is 34.9 Å². The van der Waals surface area contributed by atoms with Gasteiger partial charge < -0.3 is 0 Å². The van der Waals surface area contributed by atoms with Gasteiger partial charge in [-0.2, -0.15) is 13.2 Å². The van der Waals surface area contributed by atoms with E-state index in [2.05, 4.69) is 0 Å². The zero-order valence-corrected chi connectivity index (χ0v) is 8.28. The summed E-state index contributed by atoms with van der Waals surface area (Å²) in [7, 11) is 0. The fraction of sp³-hybridized carbons (Fsp3) is 0.455. The van der Waals surface area contributed by atoms with E-state index in [0.717, 1.165) is 11.1 Å². The summed E-state index contributed by atoms with van der Waals surface area (Å²) in [6, 6.07) is 0. The first kappa shape index (κ1) is 11.1. The Kier molecular flexibility index (Phi) is 3.19. The first-order valence-electron chi connectivity index (χ1n) is 4.51. The Morgan fingerprint density at radius 2 is 1.71 bits per heavy atom. The van der Waals surface area contributed by atoms with Crippen molar-refractivity contribution in [3.63, 3.8) is 0 Å². The summed E-state index contributed by atoms with van der Waals surface area (Å²) in [5.74, 6) is 0. The molecular formula is C11H13F3. The van der Waals surface area contributed by atoms with E-state index >= 15 is 0 Å². The van der Waals surface area contributed by atoms with Crippen LogP contribution in [-0.2, 0) is 0 Å². The smallest absolute Gasteiger partial charge is 0.166 e. The summed E-state index contributed by atoms with van der Waals surface area (Å²) >= 11 is 0. The van der Waals surface area contributed by atoms with E-state index in [4.69, 9.17) is 0 Å². The van der Waals surface area contributed by atoms with Crippen molar-refractivity contribution in [1.82, 2.24) is 0 Å². The van der Waals surface area contributed by atoms with Crippen LogP contribution in [-0.4, -0.2) is 6.18 Å². The topological polar surface area (TPSA) is 0 Å². The fourth-order valence-electron chi connectivity index (χ4n) is 1.39. The molecular weight excluding hydrogens is 189 g/mol. The Labute approximate surface area is 81.8 Å². The number of allylic oxidation sites excluding steroid dienone is 6. The molecule has 0 saturated heterocycles. The number of alkyl halides is 3. The minimum atomic E-state index is -4.19. The first-order chi connectivity index (χ1) is 6.39. The molecule has 0 aromatic carbocycles. The van der Waals surface area contributed by atoms with Gasteiger partial charge in [0.2, 0.25) is 0 Å². The molecule has 0 unspecified atom stereocenters. The Hall–Kier alpha value is -0.990. The average Bonchev–Trinajstić information content (AvgIpc) is 1.98. The molecule has 1 rings (SSSR count). The minimum absolute atomic E-state index is 0.0790. The van der Waals surface area contributed by atoms with Gasteiger partial charge in [-0.05, 0) is 26.7 Å². The van der Waals surface area contributed by atoms with Crippen molar-refractivity contribution in [2.75, 3.05) is 0 Å². The molecule has 78 valence electrons. The summed E-state index contributed by atoms with van der Waals surface area (Å²) in [6.07, 6.45) is 0.994. The second-order valence-electron chi connectivity index (χ2n) is 3.59. The average molecular weight is 202 g/mol. The van der Waals surface area contributed by atoms with Crippen LogP contribution in [0, 0.1) is 0 Å². The zero-order chi connectivity index (χ0) is 10.8. The standard InChI is InChI=1S/C11H13F3/c1-8-3-5-10(11(12,13)14)6-4-9(2)7-8/h3,5,7H,4,6H2,1-2H3/b8-3-,9-7-,10-5+. The molecule has 0 amide bonds. The SMILES string of the molecule is CC1=C/C=C(/C(F)(F)F)CC/C(C)=C\1. The van der Waals surface area contributed by atoms with Crippen LogP contribution in [0.5, 0.6) is 0 Å². The lowest BCUT2D eigenvalue weighted by molar-refractivity contribution is -0.0939. The molecule has 0 aromatic heterocycles. The fourth-order valence-corrected chi connectivity index (χ4v) is 1.39. The second kappa shape index (κ2) is 4.03. The molecule has 0 radical (unpaired) electrons. The van der Waals surface area contributed by atoms with Crippen LogP contribution >= 0.6 is 0 Å². The van der Waals surface area contributed by atoms with Crippen molar-refractivity contribution < 1.29 is 13.2 Å². The van der Waals surface area contributed by atoms with E-state index in [0.29, 0.717) is 6.42 Å². The third-order valence-corrected chi connectivity index (χ3v) is 2.17. The quantitative estimate of drug-likeness (QED) is 0.553. The first-order valence-corrected chi connectivity index (χ1v) is 4.51. The van der Waals surface area contributed by atoms with Crippen LogP contribution in [0.25, 0.3) is 0 Å². The number of hydrogen-bond donors (Lipinski definition) is 0. The summed E-state index contributed by atoms with van der Waals surface area (Å²) in [5, 5.41) is 0. The molecule has 3 heteroatoms. The molecule has 0 nitrogen and oxygen atoms in total. The lowest BCUT2D eigenvalue weighted by Gasteiger charge is -2.13. The van der Waals surface area contributed by atoms with Crippen LogP contribution in [0.2, 0.25) is 0 Å². The maximum atomic E-state index is 12.4. The molecule has 0 bridgehead atoms. The highest BCUT2D eigenvalue weighted by molar-refractivity contribution is 5.30. The maximum Gasteiger partial charge on any atom is 0.412 e. The summed E-state index contributed by atoms with van der Waals surface area (Å²) in [6.45, 7) is 3.66. The highest BCUT2D eigenvalue weighted by Crippen LogP contribution is 2.31. The summed E-state index contributed by atoms with van der Waals surface area (Å²) in [5.41, 5.74) is 1.42. The molecule has 0 fully saturated rings. The lowest BCUT2D eigenvalue weighted by Crippen LogP contribution is -2.12. The molecule has 0 saturated carbocycles. The second-order valence-corrected chi connectivity index (χ2v) is 3.59. The molecule has 0 aliphatic heterocycles. The van der Waals surface area contributed by atoms with E-state index in [1.807, 2.05) is 13.0 Å². The Morgan fingerprint density at radius 3 is 2.29 bits per heavy atom. The third kappa shape index (κ3) is 3.05. The molecule has 0 N–H and O–H groups in total. The monoisotopic (exact) mass is 202 g/mol. The Balaban J connectivity index is 2.94. The molecule has 0 atom stereocenters. The van der Waals surface area contributed by atoms with Crippen LogP contribution in [0.3, 0.4) is 0 Å². The summed E-state index contributed by atoms with van der Waals surface area (Å²) < 4.78 is 37.2. The van der Waals surface area contributed by atoms with E-state index in [1.165, 1.54) is 12.2 Å². The normalized spacial score (nSPS) is 30.2. The highest BCUT2D eigenvalue weighted by Gasteiger charge is 2.32. The third-order valence-electron chi connectivity index (χ3n) is 2.17. The van der Waals surface area contributed by atoms with Gasteiger partial charge in [0.05, 0.1) is 0 Å². The molecule has 1 aliphatic carbocycles. The van der Waals surface area contributed by atoms with Crippen molar-refractivity contribution in [3.8, 4) is 0 Å². The van der Waals surface area contributed by atoms with E-state index in [9.17, 15) is 13.2 Å². The van der Waals surface area contributed by atoms with E-state index < -0.39 is 11.7 Å². The molecule has 0 heterocycles. The van der Waals surface area contributed by atoms with Crippen LogP contribution < -0.4 is 0 Å². The van der Waals surface area contributed by atoms with Gasteiger partial charge in [0, 0.05) is 5.57 Å². The van der Waals surface area contributed by atoms with Gasteiger partial charge in [0.25, 0.3) is 0 Å². The van der Waals surface area contributed by atoms with Crippen molar-refractivity contribution in [1.29, 1.82) is 0 Å². The lowest BCUT2D eigenvalue weighted by atomic mass is 10.00. The number of halogens is 3. The van der Waals surface area contributed by atoms with E-state index in [1.54, 1.807) is 6.92 Å². The largest absolute Gasteiger partial charge is 0.412 e. The van der Waals surface area contributed by atoms with Crippen LogP contribution in [0.4, 0.5) is 13.2 Å². The van der Waals surface area contributed by atoms with E-state index in [-0.39, 0.29) is 6.42 Å². The number of rotatable bonds is 0. The van der Waals surface area contributed by atoms with Crippen molar-refractivity contribution >= 4 is 0 Å². The minimum Gasteiger partial charge on any atom is -0.166 e. The van der Waals surface area contributed by atoms with Gasteiger partial charge in [-0.25, -0.2) is 0 Å². The molecule has 14 heavy (non-hydrogen) atoms. The molecule has 0 aromatic rings. The van der Waals surface area contributed by atoms with Crippen LogP contribution in [0.15, 0.2) is 34.9 Å². The molecule has 1 aliphatic rings. The Bertz CT molecular complexity index is 303. The predicted octanol–water partition coefficient (Wildman–Crippen LogP) is 4.16. The highest BCUT2D eigenvalue weighted by atomic mass is 19.4. The Morgan fingerprint density at radius 1 is 1.07 bits per heavy atom.